The van der Waals surface area contributed by atoms with Crippen LogP contribution in [0, 0.1) is 10.1 Å². The summed E-state index contributed by atoms with van der Waals surface area (Å²) in [5.74, 6) is -0.167. The van der Waals surface area contributed by atoms with E-state index in [1.807, 2.05) is 24.3 Å². The minimum atomic E-state index is -0.808. The molecule has 28 heavy (non-hydrogen) atoms. The monoisotopic (exact) mass is 387 g/mol. The predicted molar refractivity (Wildman–Crippen MR) is 101 cm³/mol. The van der Waals surface area contributed by atoms with Crippen LogP contribution >= 0.6 is 0 Å². The molecule has 0 bridgehead atoms. The third-order valence-corrected chi connectivity index (χ3v) is 3.79. The summed E-state index contributed by atoms with van der Waals surface area (Å²) in [5.41, 5.74) is 2.48. The Balaban J connectivity index is 1.83. The average molecular weight is 387 g/mol. The van der Waals surface area contributed by atoms with Crippen LogP contribution in [0.25, 0.3) is 6.08 Å². The molecule has 0 aliphatic heterocycles. The number of nitrogens with zero attached hydrogens (tertiary/aromatic N) is 1. The van der Waals surface area contributed by atoms with Crippen molar-refractivity contribution < 1.29 is 29.3 Å². The first-order valence-electron chi connectivity index (χ1n) is 8.55. The first-order chi connectivity index (χ1) is 13.5. The second kappa shape index (κ2) is 10.6. The number of hydrogen-bond donors (Lipinski definition) is 1. The average Bonchev–Trinajstić information content (AvgIpc) is 2.69. The van der Waals surface area contributed by atoms with E-state index in [0.29, 0.717) is 24.2 Å². The molecule has 0 saturated carbocycles. The van der Waals surface area contributed by atoms with Gasteiger partial charge in [0.2, 0.25) is 0 Å². The summed E-state index contributed by atoms with van der Waals surface area (Å²) in [6.45, 7) is 0.153. The zero-order valence-corrected chi connectivity index (χ0v) is 15.4. The molecular formula is C20H21NO7. The molecule has 2 aromatic rings. The van der Waals surface area contributed by atoms with E-state index in [1.165, 1.54) is 19.3 Å². The van der Waals surface area contributed by atoms with E-state index in [-0.39, 0.29) is 19.0 Å². The highest BCUT2D eigenvalue weighted by molar-refractivity contribution is 5.87. The molecule has 8 heteroatoms. The van der Waals surface area contributed by atoms with Gasteiger partial charge in [0.25, 0.3) is 5.09 Å². The van der Waals surface area contributed by atoms with Crippen molar-refractivity contribution in [3.05, 3.63) is 75.3 Å². The highest BCUT2D eigenvalue weighted by atomic mass is 16.9. The number of rotatable bonds is 10. The Labute approximate surface area is 162 Å². The van der Waals surface area contributed by atoms with Crippen molar-refractivity contribution in [3.8, 4) is 11.5 Å². The number of carbonyl (C=O) groups is 1. The molecule has 0 spiro atoms. The Hall–Kier alpha value is -3.55. The number of carbonyl (C=O) groups excluding carboxylic acids is 1. The molecular weight excluding hydrogens is 366 g/mol. The molecule has 0 atom stereocenters. The Morgan fingerprint density at radius 2 is 2.00 bits per heavy atom. The van der Waals surface area contributed by atoms with Crippen molar-refractivity contribution in [3.63, 3.8) is 0 Å². The molecule has 148 valence electrons. The standard InChI is InChI=1S/C20H21NO7/c1-26-19-13-16(7-9-18(19)22)8-10-20(23)27-14-17-5-2-4-15(12-17)6-3-11-28-21(24)25/h2,4-5,7-10,12-13,22H,3,6,11,14H2,1H3. The largest absolute Gasteiger partial charge is 0.504 e. The molecule has 0 fully saturated rings. The lowest BCUT2D eigenvalue weighted by Gasteiger charge is -2.06. The quantitative estimate of drug-likeness (QED) is 0.219. The fourth-order valence-electron chi connectivity index (χ4n) is 2.46. The van der Waals surface area contributed by atoms with E-state index >= 15 is 0 Å². The Bertz CT molecular complexity index is 848. The number of phenols is 1. The molecule has 0 radical (unpaired) electrons. The lowest BCUT2D eigenvalue weighted by atomic mass is 10.1. The Morgan fingerprint density at radius 1 is 1.21 bits per heavy atom. The molecule has 0 aliphatic carbocycles. The van der Waals surface area contributed by atoms with Crippen LogP contribution in [-0.2, 0) is 27.4 Å². The summed E-state index contributed by atoms with van der Waals surface area (Å²) < 4.78 is 10.2. The van der Waals surface area contributed by atoms with E-state index in [9.17, 15) is 20.0 Å². The van der Waals surface area contributed by atoms with Gasteiger partial charge in [-0.05, 0) is 47.7 Å². The van der Waals surface area contributed by atoms with Gasteiger partial charge in [0.1, 0.15) is 6.61 Å². The van der Waals surface area contributed by atoms with E-state index < -0.39 is 11.1 Å². The Kier molecular flexibility index (Phi) is 7.83. The fourth-order valence-corrected chi connectivity index (χ4v) is 2.46. The van der Waals surface area contributed by atoms with Crippen LogP contribution in [0.5, 0.6) is 11.5 Å². The number of aromatic hydroxyl groups is 1. The molecule has 0 aliphatic rings. The number of benzene rings is 2. The SMILES string of the molecule is COc1cc(C=CC(=O)OCc2cccc(CCCO[N+](=O)[O-])c2)ccc1O. The molecule has 0 heterocycles. The zero-order valence-electron chi connectivity index (χ0n) is 15.4. The highest BCUT2D eigenvalue weighted by Gasteiger charge is 2.03. The lowest BCUT2D eigenvalue weighted by Crippen LogP contribution is -2.04. The summed E-state index contributed by atoms with van der Waals surface area (Å²) in [4.78, 5) is 26.3. The third-order valence-electron chi connectivity index (χ3n) is 3.79. The predicted octanol–water partition coefficient (Wildman–Crippen LogP) is 3.30. The van der Waals surface area contributed by atoms with Crippen molar-refractivity contribution in [2.24, 2.45) is 0 Å². The molecule has 0 aromatic heterocycles. The molecule has 0 amide bonds. The van der Waals surface area contributed by atoms with Crippen LogP contribution in [0.1, 0.15) is 23.1 Å². The molecule has 2 rings (SSSR count). The number of hydrogen-bond acceptors (Lipinski definition) is 7. The van der Waals surface area contributed by atoms with Gasteiger partial charge in [-0.25, -0.2) is 4.79 Å². The number of esters is 1. The maximum atomic E-state index is 11.9. The third kappa shape index (κ3) is 6.99. The number of ether oxygens (including phenoxy) is 2. The van der Waals surface area contributed by atoms with Gasteiger partial charge in [0.05, 0.1) is 13.7 Å². The van der Waals surface area contributed by atoms with E-state index in [2.05, 4.69) is 4.84 Å². The first kappa shape index (κ1) is 20.8. The second-order valence-electron chi connectivity index (χ2n) is 5.85. The van der Waals surface area contributed by atoms with Crippen molar-refractivity contribution in [1.29, 1.82) is 0 Å². The molecule has 1 N–H and O–H groups in total. The normalized spacial score (nSPS) is 10.6. The van der Waals surface area contributed by atoms with Crippen molar-refractivity contribution >= 4 is 12.0 Å². The van der Waals surface area contributed by atoms with Gasteiger partial charge in [-0.15, -0.1) is 10.1 Å². The molecule has 2 aromatic carbocycles. The summed E-state index contributed by atoms with van der Waals surface area (Å²) in [6, 6.07) is 12.2. The van der Waals surface area contributed by atoms with Crippen molar-refractivity contribution in [2.75, 3.05) is 13.7 Å². The summed E-state index contributed by atoms with van der Waals surface area (Å²) >= 11 is 0. The van der Waals surface area contributed by atoms with Crippen LogP contribution in [0.15, 0.2) is 48.5 Å². The highest BCUT2D eigenvalue weighted by Crippen LogP contribution is 2.26. The van der Waals surface area contributed by atoms with Crippen LogP contribution in [0.4, 0.5) is 0 Å². The molecule has 8 nitrogen and oxygen atoms in total. The van der Waals surface area contributed by atoms with Gasteiger partial charge in [-0.1, -0.05) is 30.3 Å². The van der Waals surface area contributed by atoms with E-state index in [1.54, 1.807) is 18.2 Å². The van der Waals surface area contributed by atoms with Crippen LogP contribution in [0.3, 0.4) is 0 Å². The number of phenolic OH excluding ortho intramolecular Hbond substituents is 1. The van der Waals surface area contributed by atoms with Gasteiger partial charge in [-0.2, -0.15) is 0 Å². The van der Waals surface area contributed by atoms with E-state index in [0.717, 1.165) is 11.1 Å². The molecule has 0 unspecified atom stereocenters. The summed E-state index contributed by atoms with van der Waals surface area (Å²) in [5, 5.41) is 18.9. The van der Waals surface area contributed by atoms with Gasteiger partial charge in [0, 0.05) is 6.08 Å². The van der Waals surface area contributed by atoms with Crippen LogP contribution < -0.4 is 4.74 Å². The van der Waals surface area contributed by atoms with Gasteiger partial charge in [0.15, 0.2) is 11.5 Å². The lowest BCUT2D eigenvalue weighted by molar-refractivity contribution is -0.757. The van der Waals surface area contributed by atoms with E-state index in [4.69, 9.17) is 9.47 Å². The topological polar surface area (TPSA) is 108 Å². The molecule has 0 saturated heterocycles. The Morgan fingerprint density at radius 3 is 2.75 bits per heavy atom. The maximum Gasteiger partial charge on any atom is 0.331 e. The number of methoxy groups -OCH3 is 1. The maximum absolute atomic E-state index is 11.9. The second-order valence-corrected chi connectivity index (χ2v) is 5.85. The first-order valence-corrected chi connectivity index (χ1v) is 8.55. The summed E-state index contributed by atoms with van der Waals surface area (Å²) in [6.07, 6.45) is 4.00. The number of aryl methyl sites for hydroxylation is 1. The smallest absolute Gasteiger partial charge is 0.331 e. The van der Waals surface area contributed by atoms with Gasteiger partial charge in [-0.3, -0.25) is 0 Å². The van der Waals surface area contributed by atoms with Gasteiger partial charge < -0.3 is 19.4 Å². The van der Waals surface area contributed by atoms with Crippen molar-refractivity contribution in [1.82, 2.24) is 0 Å². The fraction of sp³-hybridized carbons (Fsp3) is 0.250. The van der Waals surface area contributed by atoms with Gasteiger partial charge >= 0.3 is 5.97 Å². The minimum absolute atomic E-state index is 0.0204. The van der Waals surface area contributed by atoms with Crippen molar-refractivity contribution in [2.45, 2.75) is 19.4 Å². The van der Waals surface area contributed by atoms with Crippen LogP contribution in [-0.4, -0.2) is 29.9 Å². The summed E-state index contributed by atoms with van der Waals surface area (Å²) in [7, 11) is 1.44. The van der Waals surface area contributed by atoms with Crippen LogP contribution in [0.2, 0.25) is 0 Å². The minimum Gasteiger partial charge on any atom is -0.504 e. The zero-order chi connectivity index (χ0) is 20.4.